The number of rotatable bonds is 5. The maximum absolute atomic E-state index is 13.1. The van der Waals surface area contributed by atoms with Crippen LogP contribution in [-0.2, 0) is 0 Å². The number of aromatic nitrogens is 3. The van der Waals surface area contributed by atoms with Crippen molar-refractivity contribution in [1.29, 1.82) is 0 Å². The highest BCUT2D eigenvalue weighted by Crippen LogP contribution is 2.27. The average Bonchev–Trinajstić information content (AvgIpc) is 3.38. The molecule has 1 aromatic carbocycles. The van der Waals surface area contributed by atoms with E-state index in [9.17, 15) is 9.18 Å². The molecule has 1 N–H and O–H groups in total. The van der Waals surface area contributed by atoms with Crippen LogP contribution in [0.3, 0.4) is 0 Å². The third kappa shape index (κ3) is 3.60. The fraction of sp³-hybridized carbons (Fsp3) is 0.0526. The smallest absolute Gasteiger partial charge is 0.295 e. The summed E-state index contributed by atoms with van der Waals surface area (Å²) in [5, 5.41) is 4.86. The number of amides is 1. The van der Waals surface area contributed by atoms with Crippen LogP contribution in [0, 0.1) is 5.82 Å². The van der Waals surface area contributed by atoms with Crippen molar-refractivity contribution in [2.75, 3.05) is 12.4 Å². The molecule has 0 saturated heterocycles. The second-order valence-electron chi connectivity index (χ2n) is 5.61. The number of benzene rings is 1. The normalized spacial score (nSPS) is 10.6. The van der Waals surface area contributed by atoms with Crippen LogP contribution in [0.5, 0.6) is 5.75 Å². The lowest BCUT2D eigenvalue weighted by atomic mass is 10.1. The molecule has 140 valence electrons. The molecule has 0 aliphatic carbocycles. The van der Waals surface area contributed by atoms with E-state index >= 15 is 0 Å². The van der Waals surface area contributed by atoms with E-state index in [-0.39, 0.29) is 11.6 Å². The van der Waals surface area contributed by atoms with E-state index < -0.39 is 5.91 Å². The highest BCUT2D eigenvalue weighted by Gasteiger charge is 2.20. The van der Waals surface area contributed by atoms with Crippen LogP contribution in [0.1, 0.15) is 10.6 Å². The van der Waals surface area contributed by atoms with Crippen LogP contribution in [0.4, 0.5) is 9.52 Å². The summed E-state index contributed by atoms with van der Waals surface area (Å²) in [6, 6.07) is 9.20. The molecule has 28 heavy (non-hydrogen) atoms. The van der Waals surface area contributed by atoms with Gasteiger partial charge < -0.3 is 9.15 Å². The molecule has 1 amide bonds. The van der Waals surface area contributed by atoms with E-state index in [0.717, 1.165) is 0 Å². The van der Waals surface area contributed by atoms with Gasteiger partial charge in [0.1, 0.15) is 23.0 Å². The largest absolute Gasteiger partial charge is 0.495 e. The first-order valence-corrected chi connectivity index (χ1v) is 8.99. The number of anilines is 1. The minimum absolute atomic E-state index is 0.0194. The maximum atomic E-state index is 13.1. The van der Waals surface area contributed by atoms with Crippen molar-refractivity contribution >= 4 is 22.4 Å². The Labute approximate surface area is 162 Å². The third-order valence-corrected chi connectivity index (χ3v) is 4.61. The Kier molecular flexibility index (Phi) is 4.81. The molecule has 9 heteroatoms. The van der Waals surface area contributed by atoms with Gasteiger partial charge in [0.2, 0.25) is 5.76 Å². The van der Waals surface area contributed by atoms with Gasteiger partial charge in [0.05, 0.1) is 19.0 Å². The topological polar surface area (TPSA) is 90.1 Å². The summed E-state index contributed by atoms with van der Waals surface area (Å²) < 4.78 is 23.4. The predicted octanol–water partition coefficient (Wildman–Crippen LogP) is 4.26. The molecule has 3 heterocycles. The molecule has 0 fully saturated rings. The van der Waals surface area contributed by atoms with E-state index in [1.165, 1.54) is 42.0 Å². The first-order chi connectivity index (χ1) is 13.6. The number of carbonyl (C=O) groups excluding carboxylic acids is 1. The highest BCUT2D eigenvalue weighted by atomic mass is 32.1. The molecule has 0 aliphatic rings. The van der Waals surface area contributed by atoms with E-state index in [4.69, 9.17) is 9.15 Å². The summed E-state index contributed by atoms with van der Waals surface area (Å²) in [6.45, 7) is 0. The Hall–Kier alpha value is -3.59. The lowest BCUT2D eigenvalue weighted by Gasteiger charge is -2.02. The van der Waals surface area contributed by atoms with Gasteiger partial charge in [-0.2, -0.15) is 0 Å². The summed E-state index contributed by atoms with van der Waals surface area (Å²) in [7, 11) is 1.57. The zero-order valence-corrected chi connectivity index (χ0v) is 15.4. The molecular formula is C19H13FN4O3S. The molecule has 0 aliphatic heterocycles. The number of ether oxygens (including phenoxy) is 1. The van der Waals surface area contributed by atoms with E-state index in [1.54, 1.807) is 30.8 Å². The van der Waals surface area contributed by atoms with Gasteiger partial charge in [-0.1, -0.05) is 0 Å². The summed E-state index contributed by atoms with van der Waals surface area (Å²) in [5.41, 5.74) is 2.18. The molecule has 4 aromatic rings. The molecule has 0 spiro atoms. The van der Waals surface area contributed by atoms with Gasteiger partial charge in [0, 0.05) is 10.9 Å². The Morgan fingerprint density at radius 3 is 2.68 bits per heavy atom. The third-order valence-electron chi connectivity index (χ3n) is 3.85. The lowest BCUT2D eigenvalue weighted by molar-refractivity contribution is 0.0997. The Morgan fingerprint density at radius 2 is 1.96 bits per heavy atom. The molecule has 0 unspecified atom stereocenters. The van der Waals surface area contributed by atoms with Gasteiger partial charge in [-0.3, -0.25) is 15.1 Å². The minimum atomic E-state index is -0.500. The Morgan fingerprint density at radius 1 is 1.14 bits per heavy atom. The second-order valence-corrected chi connectivity index (χ2v) is 6.47. The number of pyridine rings is 1. The molecule has 0 atom stereocenters. The summed E-state index contributed by atoms with van der Waals surface area (Å²) in [5.74, 6) is -0.210. The SMILES string of the molecule is COc1ccc(-c2csc(NC(=O)c3ocnc3-c3ccc(F)cc3)n2)nc1. The van der Waals surface area contributed by atoms with Crippen molar-refractivity contribution in [3.8, 4) is 28.4 Å². The predicted molar refractivity (Wildman–Crippen MR) is 102 cm³/mol. The monoisotopic (exact) mass is 396 g/mol. The zero-order valence-electron chi connectivity index (χ0n) is 14.5. The molecule has 0 saturated carbocycles. The Balaban J connectivity index is 1.53. The van der Waals surface area contributed by atoms with Gasteiger partial charge in [0.25, 0.3) is 5.91 Å². The van der Waals surface area contributed by atoms with Crippen LogP contribution in [0.15, 0.2) is 58.8 Å². The van der Waals surface area contributed by atoms with Crippen LogP contribution >= 0.6 is 11.3 Å². The standard InChI is InChI=1S/C19H13FN4O3S/c1-26-13-6-7-14(21-8-13)15-9-28-19(23-15)24-18(25)17-16(22-10-27-17)11-2-4-12(20)5-3-11/h2-10H,1H3,(H,23,24,25). The number of nitrogens with one attached hydrogen (secondary N) is 1. The van der Waals surface area contributed by atoms with Crippen molar-refractivity contribution in [2.24, 2.45) is 0 Å². The van der Waals surface area contributed by atoms with Crippen molar-refractivity contribution in [3.63, 3.8) is 0 Å². The van der Waals surface area contributed by atoms with Gasteiger partial charge in [-0.05, 0) is 36.4 Å². The summed E-state index contributed by atoms with van der Waals surface area (Å²) in [6.07, 6.45) is 2.76. The van der Waals surface area contributed by atoms with E-state index in [1.807, 2.05) is 0 Å². The number of carbonyl (C=O) groups is 1. The van der Waals surface area contributed by atoms with Gasteiger partial charge in [-0.25, -0.2) is 14.4 Å². The van der Waals surface area contributed by atoms with Crippen molar-refractivity contribution in [2.45, 2.75) is 0 Å². The summed E-state index contributed by atoms with van der Waals surface area (Å²) >= 11 is 1.26. The van der Waals surface area contributed by atoms with Crippen molar-refractivity contribution in [1.82, 2.24) is 15.0 Å². The Bertz CT molecular complexity index is 1110. The first-order valence-electron chi connectivity index (χ1n) is 8.11. The zero-order chi connectivity index (χ0) is 19.5. The average molecular weight is 396 g/mol. The summed E-state index contributed by atoms with van der Waals surface area (Å²) in [4.78, 5) is 25.3. The molecule has 0 radical (unpaired) electrons. The molecule has 3 aromatic heterocycles. The quantitative estimate of drug-likeness (QED) is 0.542. The van der Waals surface area contributed by atoms with Crippen LogP contribution < -0.4 is 10.1 Å². The number of thiazole rings is 1. The number of hydrogen-bond donors (Lipinski definition) is 1. The number of methoxy groups -OCH3 is 1. The molecule has 7 nitrogen and oxygen atoms in total. The van der Waals surface area contributed by atoms with Gasteiger partial charge in [-0.15, -0.1) is 11.3 Å². The van der Waals surface area contributed by atoms with E-state index in [2.05, 4.69) is 20.3 Å². The van der Waals surface area contributed by atoms with Crippen molar-refractivity contribution in [3.05, 3.63) is 65.9 Å². The number of hydrogen-bond acceptors (Lipinski definition) is 7. The second kappa shape index (κ2) is 7.57. The lowest BCUT2D eigenvalue weighted by Crippen LogP contribution is -2.12. The number of halogens is 1. The number of oxazole rings is 1. The minimum Gasteiger partial charge on any atom is -0.495 e. The van der Waals surface area contributed by atoms with Crippen LogP contribution in [-0.4, -0.2) is 28.0 Å². The maximum Gasteiger partial charge on any atom is 0.295 e. The van der Waals surface area contributed by atoms with Gasteiger partial charge in [0.15, 0.2) is 11.5 Å². The molecular weight excluding hydrogens is 383 g/mol. The van der Waals surface area contributed by atoms with Crippen molar-refractivity contribution < 1.29 is 18.3 Å². The van der Waals surface area contributed by atoms with Crippen LogP contribution in [0.2, 0.25) is 0 Å². The highest BCUT2D eigenvalue weighted by molar-refractivity contribution is 7.14. The van der Waals surface area contributed by atoms with Crippen LogP contribution in [0.25, 0.3) is 22.6 Å². The number of nitrogens with zero attached hydrogens (tertiary/aromatic N) is 3. The molecule has 0 bridgehead atoms. The first kappa shape index (κ1) is 17.8. The molecule has 4 rings (SSSR count). The fourth-order valence-electron chi connectivity index (χ4n) is 2.48. The van der Waals surface area contributed by atoms with Gasteiger partial charge >= 0.3 is 0 Å². The van der Waals surface area contributed by atoms with E-state index in [0.29, 0.717) is 33.5 Å². The fourth-order valence-corrected chi connectivity index (χ4v) is 3.18.